The van der Waals surface area contributed by atoms with Crippen molar-refractivity contribution >= 4 is 100 Å². The highest BCUT2D eigenvalue weighted by Gasteiger charge is 2.30. The van der Waals surface area contributed by atoms with E-state index in [1.807, 2.05) is 48.5 Å². The number of anilines is 1. The Morgan fingerprint density at radius 3 is 1.51 bits per heavy atom. The van der Waals surface area contributed by atoms with Crippen LogP contribution in [0, 0.1) is 0 Å². The second kappa shape index (κ2) is 41.8. The molecular weight excluding hydrogens is 1250 g/mol. The second-order valence-corrected chi connectivity index (χ2v) is 23.0. The van der Waals surface area contributed by atoms with Gasteiger partial charge in [-0.1, -0.05) is 85.6 Å². The SMILES string of the molecule is O=C(O)CC[C@H](NC(=O)N[C@@H](CCCCNC(=O)CCCCCCC(=O)NC(CCCCNC(=O)C(Cc1ccccc1)NC(=O)C(Cc1ccccc1)NC(=S)Nc1ccc(CC2CN(CC(=O)O)CCN(CC(=O)O)C/C(C(=O)O)=N/2)cc1)C(=O)O)C(=O)O)C(=O)O. The summed E-state index contributed by atoms with van der Waals surface area (Å²) in [5.74, 6) is -10.7. The first kappa shape index (κ1) is 76.8. The second-order valence-electron chi connectivity index (χ2n) is 22.6. The third-order valence-electron chi connectivity index (χ3n) is 14.9. The van der Waals surface area contributed by atoms with Gasteiger partial charge in [0.15, 0.2) is 5.11 Å². The predicted molar refractivity (Wildman–Crippen MR) is 345 cm³/mol. The fourth-order valence-electron chi connectivity index (χ4n) is 10.1. The van der Waals surface area contributed by atoms with E-state index in [0.29, 0.717) is 50.6 Å². The van der Waals surface area contributed by atoms with Crippen LogP contribution in [0.1, 0.15) is 107 Å². The van der Waals surface area contributed by atoms with E-state index in [-0.39, 0.29) is 114 Å². The number of unbranched alkanes of at least 4 members (excludes halogenated alkanes) is 5. The van der Waals surface area contributed by atoms with Gasteiger partial charge in [-0.25, -0.2) is 24.0 Å². The van der Waals surface area contributed by atoms with Gasteiger partial charge in [-0.2, -0.15) is 0 Å². The smallest absolute Gasteiger partial charge is 0.351 e. The van der Waals surface area contributed by atoms with E-state index in [0.717, 1.165) is 16.7 Å². The Balaban J connectivity index is 1.23. The number of nitrogens with zero attached hydrogens (tertiary/aromatic N) is 3. The summed E-state index contributed by atoms with van der Waals surface area (Å²) in [5, 5.41) is 87.9. The van der Waals surface area contributed by atoms with Crippen LogP contribution in [-0.4, -0.2) is 216 Å². The van der Waals surface area contributed by atoms with E-state index >= 15 is 0 Å². The minimum atomic E-state index is -1.54. The quantitative estimate of drug-likeness (QED) is 0.0285. The van der Waals surface area contributed by atoms with Crippen molar-refractivity contribution in [3.05, 3.63) is 102 Å². The van der Waals surface area contributed by atoms with E-state index in [1.165, 1.54) is 4.90 Å². The summed E-state index contributed by atoms with van der Waals surface area (Å²) in [5.41, 5.74) is 2.53. The van der Waals surface area contributed by atoms with Gasteiger partial charge in [0.2, 0.25) is 23.6 Å². The molecule has 4 unspecified atom stereocenters. The van der Waals surface area contributed by atoms with Crippen molar-refractivity contribution in [3.8, 4) is 0 Å². The number of rotatable bonds is 42. The Morgan fingerprint density at radius 1 is 0.479 bits per heavy atom. The zero-order valence-corrected chi connectivity index (χ0v) is 52.8. The van der Waals surface area contributed by atoms with Crippen molar-refractivity contribution in [1.29, 1.82) is 0 Å². The highest BCUT2D eigenvalue weighted by atomic mass is 32.1. The van der Waals surface area contributed by atoms with Gasteiger partial charge < -0.3 is 78.3 Å². The average Bonchev–Trinajstić information content (AvgIpc) is 1.36. The summed E-state index contributed by atoms with van der Waals surface area (Å²) in [4.78, 5) is 155. The maximum Gasteiger partial charge on any atom is 0.351 e. The highest BCUT2D eigenvalue weighted by molar-refractivity contribution is 7.80. The summed E-state index contributed by atoms with van der Waals surface area (Å²) >= 11 is 5.72. The first-order valence-electron chi connectivity index (χ1n) is 30.9. The Bertz CT molecular complexity index is 3070. The summed E-state index contributed by atoms with van der Waals surface area (Å²) in [6.45, 7) is -0.364. The van der Waals surface area contributed by atoms with Gasteiger partial charge in [-0.3, -0.25) is 48.4 Å². The van der Waals surface area contributed by atoms with Crippen LogP contribution in [0.2, 0.25) is 0 Å². The fraction of sp³-hybridized carbons (Fsp3) is 0.492. The predicted octanol–water partition coefficient (Wildman–Crippen LogP) is 2.09. The van der Waals surface area contributed by atoms with Gasteiger partial charge in [0, 0.05) is 77.1 Å². The third kappa shape index (κ3) is 31.6. The normalized spacial score (nSPS) is 15.5. The van der Waals surface area contributed by atoms with Crippen LogP contribution in [0.15, 0.2) is 89.9 Å². The maximum atomic E-state index is 14.3. The summed E-state index contributed by atoms with van der Waals surface area (Å²) in [6.07, 6.45) is 3.29. The van der Waals surface area contributed by atoms with Crippen LogP contribution >= 0.6 is 12.2 Å². The number of aliphatic carboxylic acids is 7. The lowest BCUT2D eigenvalue weighted by Crippen LogP contribution is -2.55. The monoisotopic (exact) mass is 1330 g/mol. The van der Waals surface area contributed by atoms with E-state index in [2.05, 4.69) is 47.5 Å². The summed E-state index contributed by atoms with van der Waals surface area (Å²) in [7, 11) is 0. The first-order valence-corrected chi connectivity index (χ1v) is 31.3. The maximum absolute atomic E-state index is 14.3. The van der Waals surface area contributed by atoms with E-state index in [4.69, 9.17) is 17.3 Å². The zero-order chi connectivity index (χ0) is 69.0. The lowest BCUT2D eigenvalue weighted by Gasteiger charge is -2.25. The number of nitrogens with one attached hydrogen (secondary N) is 8. The number of carbonyl (C=O) groups is 12. The van der Waals surface area contributed by atoms with Crippen molar-refractivity contribution in [1.82, 2.24) is 47.0 Å². The molecule has 0 saturated heterocycles. The number of benzene rings is 3. The van der Waals surface area contributed by atoms with Crippen LogP contribution in [-0.2, 0) is 72.0 Å². The van der Waals surface area contributed by atoms with E-state index in [9.17, 15) is 88.2 Å². The molecule has 0 bridgehead atoms. The molecule has 0 aromatic heterocycles. The van der Waals surface area contributed by atoms with Crippen molar-refractivity contribution in [3.63, 3.8) is 0 Å². The molecule has 1 aliphatic heterocycles. The zero-order valence-electron chi connectivity index (χ0n) is 52.0. The van der Waals surface area contributed by atoms with Gasteiger partial charge in [0.05, 0.1) is 19.1 Å². The number of aliphatic imine (C=N–C) groups is 1. The van der Waals surface area contributed by atoms with Crippen LogP contribution in [0.25, 0.3) is 0 Å². The third-order valence-corrected chi connectivity index (χ3v) is 15.1. The Morgan fingerprint density at radius 2 is 0.979 bits per heavy atom. The molecule has 3 aromatic carbocycles. The molecule has 0 fully saturated rings. The first-order chi connectivity index (χ1) is 44.8. The number of hydrogen-bond acceptors (Lipinski definition) is 16. The Kier molecular flexibility index (Phi) is 34.1. The molecule has 4 rings (SSSR count). The van der Waals surface area contributed by atoms with Crippen molar-refractivity contribution in [2.45, 2.75) is 145 Å². The molecule has 30 nitrogen and oxygen atoms in total. The molecule has 1 heterocycles. The number of thiocarbonyl (C=S) groups is 1. The number of hydrogen-bond donors (Lipinski definition) is 15. The molecule has 15 N–H and O–H groups in total. The van der Waals surface area contributed by atoms with Crippen molar-refractivity contribution in [2.75, 3.05) is 57.7 Å². The minimum absolute atomic E-state index is 0.0279. The van der Waals surface area contributed by atoms with Crippen LogP contribution < -0.4 is 42.5 Å². The minimum Gasteiger partial charge on any atom is -0.481 e. The lowest BCUT2D eigenvalue weighted by atomic mass is 10.0. The lowest BCUT2D eigenvalue weighted by molar-refractivity contribution is -0.142. The molecular formula is C63H85N11O19S. The molecule has 0 radical (unpaired) electrons. The van der Waals surface area contributed by atoms with Gasteiger partial charge in [-0.15, -0.1) is 0 Å². The van der Waals surface area contributed by atoms with Gasteiger partial charge in [-0.05, 0) is 105 Å². The molecule has 1 aliphatic rings. The average molecular weight is 1330 g/mol. The molecule has 94 heavy (non-hydrogen) atoms. The molecule has 0 saturated carbocycles. The van der Waals surface area contributed by atoms with Crippen molar-refractivity contribution in [2.24, 2.45) is 4.99 Å². The fourth-order valence-corrected chi connectivity index (χ4v) is 10.3. The topological polar surface area (TPSA) is 462 Å². The largest absolute Gasteiger partial charge is 0.481 e. The molecule has 6 atom stereocenters. The number of carboxylic acid groups (broad SMARTS) is 7. The molecule has 3 aromatic rings. The van der Waals surface area contributed by atoms with Gasteiger partial charge in [0.25, 0.3) is 0 Å². The number of carbonyl (C=O) groups excluding carboxylic acids is 5. The summed E-state index contributed by atoms with van der Waals surface area (Å²) in [6, 6.07) is 17.2. The highest BCUT2D eigenvalue weighted by Crippen LogP contribution is 2.17. The molecule has 0 aliphatic carbocycles. The van der Waals surface area contributed by atoms with Gasteiger partial charge >= 0.3 is 47.8 Å². The molecule has 512 valence electrons. The number of carboxylic acids is 7. The Hall–Kier alpha value is -9.62. The molecule has 0 spiro atoms. The van der Waals surface area contributed by atoms with Crippen molar-refractivity contribution < 1.29 is 93.3 Å². The van der Waals surface area contributed by atoms with Crippen LogP contribution in [0.3, 0.4) is 0 Å². The van der Waals surface area contributed by atoms with Crippen LogP contribution in [0.5, 0.6) is 0 Å². The van der Waals surface area contributed by atoms with E-state index in [1.54, 1.807) is 41.3 Å². The molecule has 31 heteroatoms. The van der Waals surface area contributed by atoms with Crippen LogP contribution in [0.4, 0.5) is 10.5 Å². The number of amides is 6. The Labute approximate surface area is 548 Å². The van der Waals surface area contributed by atoms with E-state index < -0.39 is 121 Å². The number of urea groups is 1. The van der Waals surface area contributed by atoms with Gasteiger partial charge in [0.1, 0.15) is 35.9 Å². The summed E-state index contributed by atoms with van der Waals surface area (Å²) < 4.78 is 0. The molecule has 6 amide bonds. The standard InChI is InChI=1S/C63H85N11O19S/c75-51(64-29-13-11-20-46(59(87)88)70-62(93)71-47(60(89)90)27-28-53(77)78)21-9-1-2-10-22-52(76)68-45(58(85)86)19-12-14-30-65-56(83)48(34-40-15-5-3-6-16-40)69-57(84)49(35-41-17-7-4-8-18-41)72-63(94)67-43-25-23-42(24-26-43)33-44-36-73(38-54(79)80)31-32-74(39-55(81)82)37-50(66-44)61(91)92/h3-8,15-18,23-26,44-49H,1-2,9-14,19-22,27-39H2,(H,64,75)(H,65,83)(H,68,76)(H,69,84)(H,77,78)(H,79,80)(H,81,82)(H,85,86)(H,87,88)(H,89,90)(H,91,92)(H2,67,72,94)(H2,70,71,93)/b66-50-/t44?,45?,46-,47-,48?,49?/m0/s1.